The van der Waals surface area contributed by atoms with Crippen molar-refractivity contribution in [2.24, 2.45) is 11.3 Å². The van der Waals surface area contributed by atoms with Crippen LogP contribution in [0.5, 0.6) is 0 Å². The van der Waals surface area contributed by atoms with Gasteiger partial charge in [-0.1, -0.05) is 13.8 Å². The lowest BCUT2D eigenvalue weighted by Gasteiger charge is -2.60. The first kappa shape index (κ1) is 14.8. The number of nitrogens with zero attached hydrogens (tertiary/aromatic N) is 1. The third-order valence-corrected chi connectivity index (χ3v) is 4.98. The maximum absolute atomic E-state index is 12.2. The van der Waals surface area contributed by atoms with Crippen LogP contribution in [0.3, 0.4) is 0 Å². The highest BCUT2D eigenvalue weighted by Gasteiger charge is 2.58. The molecule has 4 nitrogen and oxygen atoms in total. The summed E-state index contributed by atoms with van der Waals surface area (Å²) in [5.41, 5.74) is 0.129. The molecule has 0 aromatic heterocycles. The van der Waals surface area contributed by atoms with Gasteiger partial charge in [0.1, 0.15) is 0 Å². The van der Waals surface area contributed by atoms with E-state index in [2.05, 4.69) is 19.2 Å². The summed E-state index contributed by atoms with van der Waals surface area (Å²) in [6, 6.07) is 0.277. The molecule has 19 heavy (non-hydrogen) atoms. The monoisotopic (exact) mass is 268 g/mol. The molecule has 0 aromatic rings. The minimum absolute atomic E-state index is 0.114. The normalized spacial score (nSPS) is 34.1. The smallest absolute Gasteiger partial charge is 0.239 e. The molecule has 1 heterocycles. The fraction of sp³-hybridized carbons (Fsp3) is 0.933. The Morgan fingerprint density at radius 1 is 1.53 bits per heavy atom. The summed E-state index contributed by atoms with van der Waals surface area (Å²) < 4.78 is 5.90. The summed E-state index contributed by atoms with van der Waals surface area (Å²) in [5, 5.41) is 3.55. The summed E-state index contributed by atoms with van der Waals surface area (Å²) in [7, 11) is 1.86. The lowest BCUT2D eigenvalue weighted by Crippen LogP contribution is -2.71. The van der Waals surface area contributed by atoms with Gasteiger partial charge in [-0.2, -0.15) is 0 Å². The lowest BCUT2D eigenvalue weighted by atomic mass is 9.55. The number of hydrogen-bond acceptors (Lipinski definition) is 3. The van der Waals surface area contributed by atoms with E-state index in [-0.39, 0.29) is 17.4 Å². The Morgan fingerprint density at radius 3 is 2.84 bits per heavy atom. The summed E-state index contributed by atoms with van der Waals surface area (Å²) in [6.45, 7) is 10.1. The van der Waals surface area contributed by atoms with E-state index in [0.717, 1.165) is 19.6 Å². The van der Waals surface area contributed by atoms with Crippen molar-refractivity contribution in [2.75, 3.05) is 20.2 Å². The number of ether oxygens (including phenoxy) is 1. The van der Waals surface area contributed by atoms with Gasteiger partial charge in [0.15, 0.2) is 0 Å². The average molecular weight is 268 g/mol. The number of fused-ring (bicyclic) bond motifs is 1. The first-order valence-corrected chi connectivity index (χ1v) is 7.52. The van der Waals surface area contributed by atoms with Crippen LogP contribution in [0.15, 0.2) is 0 Å². The Labute approximate surface area is 116 Å². The molecule has 2 aliphatic rings. The van der Waals surface area contributed by atoms with Gasteiger partial charge in [-0.15, -0.1) is 0 Å². The second-order valence-corrected chi connectivity index (χ2v) is 6.64. The van der Waals surface area contributed by atoms with Crippen molar-refractivity contribution in [2.45, 2.75) is 58.7 Å². The molecular weight excluding hydrogens is 240 g/mol. The van der Waals surface area contributed by atoms with Gasteiger partial charge in [0.05, 0.1) is 12.1 Å². The molecule has 4 unspecified atom stereocenters. The molecule has 0 radical (unpaired) electrons. The third-order valence-electron chi connectivity index (χ3n) is 4.98. The van der Waals surface area contributed by atoms with Gasteiger partial charge in [-0.05, 0) is 26.7 Å². The Hall–Kier alpha value is -0.610. The van der Waals surface area contributed by atoms with Crippen molar-refractivity contribution in [3.05, 3.63) is 0 Å². The van der Waals surface area contributed by atoms with E-state index in [1.165, 1.54) is 6.42 Å². The number of carbonyl (C=O) groups is 1. The van der Waals surface area contributed by atoms with Gasteiger partial charge >= 0.3 is 0 Å². The van der Waals surface area contributed by atoms with Crippen LogP contribution < -0.4 is 5.32 Å². The molecule has 1 saturated heterocycles. The van der Waals surface area contributed by atoms with Gasteiger partial charge in [0.25, 0.3) is 0 Å². The van der Waals surface area contributed by atoms with Crippen LogP contribution in [-0.4, -0.2) is 49.2 Å². The van der Waals surface area contributed by atoms with Crippen LogP contribution in [-0.2, 0) is 9.53 Å². The number of amides is 1. The number of nitrogens with one attached hydrogen (secondary N) is 1. The lowest BCUT2D eigenvalue weighted by molar-refractivity contribution is -0.194. The van der Waals surface area contributed by atoms with Crippen molar-refractivity contribution in [3.63, 3.8) is 0 Å². The van der Waals surface area contributed by atoms with Crippen LogP contribution in [0.25, 0.3) is 0 Å². The molecule has 0 aromatic carbocycles. The van der Waals surface area contributed by atoms with Crippen molar-refractivity contribution < 1.29 is 9.53 Å². The molecule has 0 spiro atoms. The average Bonchev–Trinajstić information content (AvgIpc) is 2.42. The fourth-order valence-corrected chi connectivity index (χ4v) is 3.69. The van der Waals surface area contributed by atoms with Crippen LogP contribution in [0.4, 0.5) is 0 Å². The van der Waals surface area contributed by atoms with Crippen molar-refractivity contribution in [1.82, 2.24) is 10.2 Å². The van der Waals surface area contributed by atoms with Crippen LogP contribution in [0.1, 0.15) is 40.5 Å². The van der Waals surface area contributed by atoms with Gasteiger partial charge in [-0.3, -0.25) is 4.79 Å². The van der Waals surface area contributed by atoms with E-state index >= 15 is 0 Å². The predicted molar refractivity (Wildman–Crippen MR) is 75.9 cm³/mol. The van der Waals surface area contributed by atoms with Crippen LogP contribution >= 0.6 is 0 Å². The van der Waals surface area contributed by atoms with E-state index in [1.807, 2.05) is 20.9 Å². The minimum atomic E-state index is -0.114. The molecule has 0 bridgehead atoms. The zero-order valence-corrected chi connectivity index (χ0v) is 12.9. The molecule has 1 aliphatic carbocycles. The highest BCUT2D eigenvalue weighted by atomic mass is 16.5. The zero-order chi connectivity index (χ0) is 14.2. The van der Waals surface area contributed by atoms with Gasteiger partial charge in [0.2, 0.25) is 5.91 Å². The van der Waals surface area contributed by atoms with Crippen LogP contribution in [0.2, 0.25) is 0 Å². The third kappa shape index (κ3) is 2.52. The van der Waals surface area contributed by atoms with Crippen molar-refractivity contribution >= 4 is 5.91 Å². The SMILES string of the molecule is CCN(C)C(=O)C(C)NC1C2CCCOC2C1(C)C. The van der Waals surface area contributed by atoms with Crippen LogP contribution in [0, 0.1) is 11.3 Å². The maximum atomic E-state index is 12.2. The standard InChI is InChI=1S/C15H28N2O2/c1-6-17(5)14(18)10(2)16-12-11-8-7-9-19-13(11)15(12,3)4/h10-13,16H,6-9H2,1-5H3. The number of hydrogen-bond donors (Lipinski definition) is 1. The summed E-state index contributed by atoms with van der Waals surface area (Å²) in [4.78, 5) is 13.9. The Bertz CT molecular complexity index is 343. The van der Waals surface area contributed by atoms with E-state index in [1.54, 1.807) is 4.90 Å². The topological polar surface area (TPSA) is 41.6 Å². The van der Waals surface area contributed by atoms with Gasteiger partial charge < -0.3 is 15.0 Å². The Morgan fingerprint density at radius 2 is 2.21 bits per heavy atom. The molecule has 1 aliphatic heterocycles. The highest BCUT2D eigenvalue weighted by molar-refractivity contribution is 5.81. The zero-order valence-electron chi connectivity index (χ0n) is 12.9. The largest absolute Gasteiger partial charge is 0.377 e. The Balaban J connectivity index is 1.97. The fourth-order valence-electron chi connectivity index (χ4n) is 3.69. The van der Waals surface area contributed by atoms with Gasteiger partial charge in [0, 0.05) is 37.6 Å². The number of likely N-dealkylation sites (N-methyl/N-ethyl adjacent to an activating group) is 1. The minimum Gasteiger partial charge on any atom is -0.377 e. The molecule has 1 saturated carbocycles. The van der Waals surface area contributed by atoms with E-state index in [9.17, 15) is 4.79 Å². The van der Waals surface area contributed by atoms with E-state index < -0.39 is 0 Å². The number of carbonyl (C=O) groups excluding carboxylic acids is 1. The number of rotatable bonds is 4. The molecule has 2 rings (SSSR count). The van der Waals surface area contributed by atoms with Crippen molar-refractivity contribution in [1.29, 1.82) is 0 Å². The first-order chi connectivity index (χ1) is 8.89. The van der Waals surface area contributed by atoms with Gasteiger partial charge in [-0.25, -0.2) is 0 Å². The molecular formula is C15H28N2O2. The molecule has 4 heteroatoms. The second kappa shape index (κ2) is 5.41. The predicted octanol–water partition coefficient (Wildman–Crippen LogP) is 1.65. The second-order valence-electron chi connectivity index (χ2n) is 6.64. The molecule has 110 valence electrons. The van der Waals surface area contributed by atoms with E-state index in [0.29, 0.717) is 18.1 Å². The maximum Gasteiger partial charge on any atom is 0.239 e. The molecule has 2 fully saturated rings. The van der Waals surface area contributed by atoms with Crippen molar-refractivity contribution in [3.8, 4) is 0 Å². The molecule has 4 atom stereocenters. The first-order valence-electron chi connectivity index (χ1n) is 7.52. The summed E-state index contributed by atoms with van der Waals surface area (Å²) in [5.74, 6) is 0.754. The summed E-state index contributed by atoms with van der Waals surface area (Å²) >= 11 is 0. The van der Waals surface area contributed by atoms with E-state index in [4.69, 9.17) is 4.74 Å². The molecule has 1 N–H and O–H groups in total. The Kier molecular flexibility index (Phi) is 4.21. The molecule has 1 amide bonds. The quantitative estimate of drug-likeness (QED) is 0.843. The highest BCUT2D eigenvalue weighted by Crippen LogP contribution is 2.51. The summed E-state index contributed by atoms with van der Waals surface area (Å²) in [6.07, 6.45) is 2.73.